The van der Waals surface area contributed by atoms with E-state index >= 15 is 0 Å². The van der Waals surface area contributed by atoms with Gasteiger partial charge in [0.1, 0.15) is 0 Å². The van der Waals surface area contributed by atoms with Crippen LogP contribution in [-0.2, 0) is 20.2 Å². The molecule has 0 aliphatic rings. The highest BCUT2D eigenvalue weighted by atomic mass is 33.2. The van der Waals surface area contributed by atoms with Gasteiger partial charge in [0.25, 0.3) is 20.2 Å². The van der Waals surface area contributed by atoms with E-state index in [1.807, 2.05) is 0 Å². The first-order chi connectivity index (χ1) is 2.64. The quantitative estimate of drug-likeness (QED) is 0.334. The molecule has 0 saturated carbocycles. The predicted molar refractivity (Wildman–Crippen MR) is 28.8 cm³/mol. The van der Waals surface area contributed by atoms with Gasteiger partial charge in [-0.3, -0.25) is 9.11 Å². The van der Waals surface area contributed by atoms with Gasteiger partial charge in [0.2, 0.25) is 0 Å². The minimum atomic E-state index is -2.59. The molecule has 0 rings (SSSR count). The molecule has 6 nitrogen and oxygen atoms in total. The summed E-state index contributed by atoms with van der Waals surface area (Å²) >= 11 is 0. The first kappa shape index (κ1) is 15.7. The molecule has 0 bridgehead atoms. The molecule has 0 aromatic carbocycles. The summed E-state index contributed by atoms with van der Waals surface area (Å²) < 4.78 is 33.6. The Morgan fingerprint density at radius 2 is 1.00 bits per heavy atom. The molecular weight excluding hydrogens is 160 g/mol. The fourth-order valence-corrected chi connectivity index (χ4v) is 0. The van der Waals surface area contributed by atoms with E-state index in [4.69, 9.17) is 9.11 Å². The third-order valence-electron chi connectivity index (χ3n) is 0.122. The lowest BCUT2D eigenvalue weighted by molar-refractivity contribution is 0.548. The van der Waals surface area contributed by atoms with Gasteiger partial charge in [0, 0.05) is 0 Å². The molecule has 8 heteroatoms. The van der Waals surface area contributed by atoms with E-state index in [-0.39, 0.29) is 11.0 Å². The minimum absolute atomic E-state index is 0. The Morgan fingerprint density at radius 3 is 1.00 bits per heavy atom. The number of hydrogen-bond acceptors (Lipinski definition) is 2. The van der Waals surface area contributed by atoms with Crippen molar-refractivity contribution in [3.8, 4) is 0 Å². The topological polar surface area (TPSA) is 138 Å². The zero-order chi connectivity index (χ0) is 5.15. The predicted octanol–water partition coefficient (Wildman–Crippen LogP) is -2.30. The van der Waals surface area contributed by atoms with E-state index in [0.717, 1.165) is 0 Å². The summed E-state index contributed by atoms with van der Waals surface area (Å²) in [6.45, 7) is 0. The molecule has 0 aliphatic carbocycles. The SMILES string of the molecule is O.O.O=S(O)S(=O)O. The van der Waals surface area contributed by atoms with Crippen LogP contribution in [0.25, 0.3) is 0 Å². The van der Waals surface area contributed by atoms with Crippen LogP contribution in [0.5, 0.6) is 0 Å². The van der Waals surface area contributed by atoms with E-state index in [1.54, 1.807) is 0 Å². The fraction of sp³-hybridized carbons (Fsp3) is 0. The van der Waals surface area contributed by atoms with Gasteiger partial charge in [0.05, 0.1) is 0 Å². The van der Waals surface area contributed by atoms with Crippen molar-refractivity contribution in [2.24, 2.45) is 0 Å². The first-order valence-corrected chi connectivity index (χ1v) is 3.60. The van der Waals surface area contributed by atoms with E-state index in [9.17, 15) is 8.42 Å². The van der Waals surface area contributed by atoms with Gasteiger partial charge in [-0.15, -0.1) is 0 Å². The molecule has 54 valence electrons. The standard InChI is InChI=1S/H2O4S2.2H2O/c1-5(2)6(3)4;;/h(H,1,2)(H,3,4);2*1H2. The monoisotopic (exact) mass is 166 g/mol. The van der Waals surface area contributed by atoms with Crippen LogP contribution in [0.2, 0.25) is 0 Å². The van der Waals surface area contributed by atoms with Crippen molar-refractivity contribution in [2.75, 3.05) is 0 Å². The lowest BCUT2D eigenvalue weighted by atomic mass is 15.9. The lowest BCUT2D eigenvalue weighted by Crippen LogP contribution is -1.93. The van der Waals surface area contributed by atoms with Gasteiger partial charge in [0.15, 0.2) is 0 Å². The first-order valence-electron chi connectivity index (χ1n) is 0.865. The lowest BCUT2D eigenvalue weighted by Gasteiger charge is -1.74. The van der Waals surface area contributed by atoms with Crippen molar-refractivity contribution in [2.45, 2.75) is 0 Å². The summed E-state index contributed by atoms with van der Waals surface area (Å²) in [6, 6.07) is 0. The third-order valence-corrected chi connectivity index (χ3v) is 1.10. The normalized spacial score (nSPS) is 14.8. The highest BCUT2D eigenvalue weighted by Gasteiger charge is 1.95. The van der Waals surface area contributed by atoms with E-state index in [2.05, 4.69) is 0 Å². The van der Waals surface area contributed by atoms with Crippen molar-refractivity contribution < 1.29 is 28.5 Å². The maximum absolute atomic E-state index is 9.26. The molecule has 0 heterocycles. The molecule has 0 aliphatic heterocycles. The summed E-state index contributed by atoms with van der Waals surface area (Å²) in [4.78, 5) is 0. The largest absolute Gasteiger partial charge is 0.412 e. The van der Waals surface area contributed by atoms with E-state index in [0.29, 0.717) is 0 Å². The van der Waals surface area contributed by atoms with E-state index < -0.39 is 20.2 Å². The van der Waals surface area contributed by atoms with Crippen molar-refractivity contribution in [3.05, 3.63) is 0 Å². The Morgan fingerprint density at radius 1 is 0.875 bits per heavy atom. The van der Waals surface area contributed by atoms with Crippen molar-refractivity contribution in [1.29, 1.82) is 0 Å². The molecule has 2 atom stereocenters. The minimum Gasteiger partial charge on any atom is -0.412 e. The summed E-state index contributed by atoms with van der Waals surface area (Å²) in [5.41, 5.74) is 0. The van der Waals surface area contributed by atoms with Gasteiger partial charge in [-0.05, 0) is 0 Å². The highest BCUT2D eigenvalue weighted by Crippen LogP contribution is 1.74. The van der Waals surface area contributed by atoms with Crippen LogP contribution < -0.4 is 0 Å². The molecule has 0 radical (unpaired) electrons. The zero-order valence-corrected chi connectivity index (χ0v) is 5.16. The van der Waals surface area contributed by atoms with Crippen molar-refractivity contribution >= 4 is 20.2 Å². The molecule has 0 fully saturated rings. The summed E-state index contributed by atoms with van der Waals surface area (Å²) in [6.07, 6.45) is 0. The van der Waals surface area contributed by atoms with Crippen LogP contribution in [-0.4, -0.2) is 28.5 Å². The molecule has 0 saturated heterocycles. The Bertz CT molecular complexity index is 72.5. The van der Waals surface area contributed by atoms with E-state index in [1.165, 1.54) is 0 Å². The summed E-state index contributed by atoms with van der Waals surface area (Å²) in [7, 11) is -5.18. The summed E-state index contributed by atoms with van der Waals surface area (Å²) in [5.74, 6) is 0. The second-order valence-electron chi connectivity index (χ2n) is 0.434. The number of rotatable bonds is 1. The van der Waals surface area contributed by atoms with Crippen LogP contribution >= 0.6 is 0 Å². The second kappa shape index (κ2) is 7.14. The maximum atomic E-state index is 9.26. The maximum Gasteiger partial charge on any atom is 0.274 e. The van der Waals surface area contributed by atoms with Crippen LogP contribution in [0.15, 0.2) is 0 Å². The van der Waals surface area contributed by atoms with Crippen molar-refractivity contribution in [3.63, 3.8) is 0 Å². The Hall–Kier alpha value is 0.140. The Labute approximate surface area is 49.5 Å². The van der Waals surface area contributed by atoms with Gasteiger partial charge in [-0.25, -0.2) is 8.42 Å². The smallest absolute Gasteiger partial charge is 0.274 e. The van der Waals surface area contributed by atoms with Gasteiger partial charge >= 0.3 is 0 Å². The number of hydrogen-bond donors (Lipinski definition) is 2. The fourth-order valence-electron chi connectivity index (χ4n) is 0. The Kier molecular flexibility index (Phi) is 14.0. The molecule has 6 N–H and O–H groups in total. The third kappa shape index (κ3) is 9.46. The average Bonchev–Trinajstić information content (AvgIpc) is 1.36. The second-order valence-corrected chi connectivity index (χ2v) is 3.01. The average molecular weight is 166 g/mol. The molecule has 0 aromatic heterocycles. The zero-order valence-electron chi connectivity index (χ0n) is 3.53. The molecular formula is H6O6S2. The van der Waals surface area contributed by atoms with Crippen LogP contribution in [0.1, 0.15) is 0 Å². The van der Waals surface area contributed by atoms with Gasteiger partial charge in [-0.1, -0.05) is 0 Å². The van der Waals surface area contributed by atoms with Gasteiger partial charge in [-0.2, -0.15) is 0 Å². The highest BCUT2D eigenvalue weighted by molar-refractivity contribution is 8.56. The van der Waals surface area contributed by atoms with Crippen LogP contribution in [0.3, 0.4) is 0 Å². The van der Waals surface area contributed by atoms with Crippen molar-refractivity contribution in [1.82, 2.24) is 0 Å². The summed E-state index contributed by atoms with van der Waals surface area (Å²) in [5, 5.41) is 0. The molecule has 0 aromatic rings. The molecule has 2 unspecified atom stereocenters. The Balaban J connectivity index is -0.000000125. The molecule has 8 heavy (non-hydrogen) atoms. The van der Waals surface area contributed by atoms with Gasteiger partial charge < -0.3 is 11.0 Å². The molecule has 0 spiro atoms. The molecule has 0 amide bonds. The van der Waals surface area contributed by atoms with Crippen LogP contribution in [0, 0.1) is 0 Å². The van der Waals surface area contributed by atoms with Crippen LogP contribution in [0.4, 0.5) is 0 Å².